The molecule has 1 aromatic rings. The molecule has 5 heteroatoms. The summed E-state index contributed by atoms with van der Waals surface area (Å²) in [7, 11) is 2.91. The van der Waals surface area contributed by atoms with E-state index in [9.17, 15) is 9.59 Å². The van der Waals surface area contributed by atoms with E-state index in [1.165, 1.54) is 12.0 Å². The van der Waals surface area contributed by atoms with Gasteiger partial charge in [0, 0.05) is 13.0 Å². The summed E-state index contributed by atoms with van der Waals surface area (Å²) in [4.78, 5) is 25.3. The third kappa shape index (κ3) is 2.70. The van der Waals surface area contributed by atoms with Crippen LogP contribution in [-0.4, -0.2) is 37.5 Å². The average Bonchev–Trinajstić information content (AvgIpc) is 2.46. The minimum Gasteiger partial charge on any atom is -0.497 e. The summed E-state index contributed by atoms with van der Waals surface area (Å²) in [6.07, 6.45) is 0.707. The highest BCUT2D eigenvalue weighted by atomic mass is 16.5. The molecule has 1 amide bonds. The van der Waals surface area contributed by atoms with Crippen molar-refractivity contribution >= 4 is 11.9 Å². The number of benzene rings is 1. The van der Waals surface area contributed by atoms with E-state index in [1.807, 2.05) is 12.1 Å². The van der Waals surface area contributed by atoms with Gasteiger partial charge in [-0.05, 0) is 24.1 Å². The van der Waals surface area contributed by atoms with E-state index in [2.05, 4.69) is 0 Å². The molecular formula is C14H17NO4. The summed E-state index contributed by atoms with van der Waals surface area (Å²) >= 11 is 0. The van der Waals surface area contributed by atoms with E-state index >= 15 is 0 Å². The van der Waals surface area contributed by atoms with E-state index in [0.717, 1.165) is 11.3 Å². The Morgan fingerprint density at radius 3 is 2.53 bits per heavy atom. The molecule has 0 saturated carbocycles. The molecular weight excluding hydrogens is 246 g/mol. The second-order valence-electron chi connectivity index (χ2n) is 4.41. The van der Waals surface area contributed by atoms with Crippen molar-refractivity contribution in [3.8, 4) is 5.75 Å². The van der Waals surface area contributed by atoms with Crippen molar-refractivity contribution < 1.29 is 19.1 Å². The first kappa shape index (κ1) is 13.4. The van der Waals surface area contributed by atoms with Crippen LogP contribution >= 0.6 is 0 Å². The molecule has 2 rings (SSSR count). The van der Waals surface area contributed by atoms with Crippen molar-refractivity contribution in [2.75, 3.05) is 20.8 Å². The molecule has 1 heterocycles. The molecule has 1 aliphatic heterocycles. The molecule has 0 aliphatic carbocycles. The molecule has 102 valence electrons. The number of Topliss-reactive ketones (excluding diaryl/α,β-unsaturated/α-hetero) is 1. The van der Waals surface area contributed by atoms with Gasteiger partial charge >= 0.3 is 6.09 Å². The molecule has 0 radical (unpaired) electrons. The Hall–Kier alpha value is -2.04. The second-order valence-corrected chi connectivity index (χ2v) is 4.41. The zero-order valence-corrected chi connectivity index (χ0v) is 11.1. The van der Waals surface area contributed by atoms with Gasteiger partial charge in [0.25, 0.3) is 0 Å². The molecule has 0 N–H and O–H groups in total. The highest BCUT2D eigenvalue weighted by Gasteiger charge is 2.34. The van der Waals surface area contributed by atoms with Gasteiger partial charge in [-0.1, -0.05) is 12.1 Å². The largest absolute Gasteiger partial charge is 0.497 e. The number of piperidine rings is 1. The number of likely N-dealkylation sites (tertiary alicyclic amines) is 1. The van der Waals surface area contributed by atoms with E-state index < -0.39 is 12.1 Å². The van der Waals surface area contributed by atoms with Gasteiger partial charge in [-0.3, -0.25) is 9.69 Å². The van der Waals surface area contributed by atoms with Gasteiger partial charge in [0.15, 0.2) is 5.78 Å². The van der Waals surface area contributed by atoms with Crippen molar-refractivity contribution in [1.82, 2.24) is 4.90 Å². The molecule has 1 saturated heterocycles. The fourth-order valence-corrected chi connectivity index (χ4v) is 2.33. The van der Waals surface area contributed by atoms with E-state index in [4.69, 9.17) is 9.47 Å². The normalized spacial score (nSPS) is 19.2. The van der Waals surface area contributed by atoms with Gasteiger partial charge in [-0.15, -0.1) is 0 Å². The van der Waals surface area contributed by atoms with Gasteiger partial charge < -0.3 is 9.47 Å². The van der Waals surface area contributed by atoms with Gasteiger partial charge in [0.1, 0.15) is 11.8 Å². The lowest BCUT2D eigenvalue weighted by Crippen LogP contribution is -2.43. The van der Waals surface area contributed by atoms with Crippen LogP contribution in [0.15, 0.2) is 24.3 Å². The maximum absolute atomic E-state index is 12.1. The summed E-state index contributed by atoms with van der Waals surface area (Å²) < 4.78 is 9.83. The summed E-state index contributed by atoms with van der Waals surface area (Å²) in [5.41, 5.74) is 0.788. The number of hydrogen-bond donors (Lipinski definition) is 0. The Balaban J connectivity index is 2.30. The fourth-order valence-electron chi connectivity index (χ4n) is 2.33. The molecule has 1 fully saturated rings. The van der Waals surface area contributed by atoms with Crippen molar-refractivity contribution in [3.63, 3.8) is 0 Å². The number of ketones is 1. The topological polar surface area (TPSA) is 55.8 Å². The third-order valence-corrected chi connectivity index (χ3v) is 3.28. The maximum Gasteiger partial charge on any atom is 0.410 e. The maximum atomic E-state index is 12.1. The lowest BCUT2D eigenvalue weighted by atomic mass is 9.94. The zero-order chi connectivity index (χ0) is 13.8. The number of hydrogen-bond acceptors (Lipinski definition) is 4. The van der Waals surface area contributed by atoms with Crippen LogP contribution in [0.25, 0.3) is 0 Å². The quantitative estimate of drug-likeness (QED) is 0.820. The molecule has 0 spiro atoms. The van der Waals surface area contributed by atoms with Gasteiger partial charge in [-0.25, -0.2) is 4.79 Å². The Labute approximate surface area is 112 Å². The van der Waals surface area contributed by atoms with Crippen LogP contribution < -0.4 is 4.74 Å². The summed E-state index contributed by atoms with van der Waals surface area (Å²) in [5, 5.41) is 0. The van der Waals surface area contributed by atoms with Gasteiger partial charge in [-0.2, -0.15) is 0 Å². The lowest BCUT2D eigenvalue weighted by molar-refractivity contribution is -0.126. The number of amides is 1. The van der Waals surface area contributed by atoms with Crippen molar-refractivity contribution in [1.29, 1.82) is 0 Å². The summed E-state index contributed by atoms with van der Waals surface area (Å²) in [6.45, 7) is 0.537. The summed E-state index contributed by atoms with van der Waals surface area (Å²) in [5.74, 6) is 0.762. The first-order valence-electron chi connectivity index (χ1n) is 6.18. The van der Waals surface area contributed by atoms with Crippen LogP contribution in [0, 0.1) is 0 Å². The minimum atomic E-state index is -0.549. The average molecular weight is 263 g/mol. The SMILES string of the molecule is COC(=O)N1CCCC(=O)C1c1ccc(OC)cc1. The van der Waals surface area contributed by atoms with Crippen molar-refractivity contribution in [2.24, 2.45) is 0 Å². The highest BCUT2D eigenvalue weighted by Crippen LogP contribution is 2.29. The Kier molecular flexibility index (Phi) is 4.04. The summed E-state index contributed by atoms with van der Waals surface area (Å²) in [6, 6.07) is 6.64. The first-order valence-corrected chi connectivity index (χ1v) is 6.18. The number of carbonyl (C=O) groups excluding carboxylic acids is 2. The van der Waals surface area contributed by atoms with Crippen LogP contribution in [0.2, 0.25) is 0 Å². The Bertz CT molecular complexity index is 469. The molecule has 5 nitrogen and oxygen atoms in total. The molecule has 0 aromatic heterocycles. The number of ether oxygens (including phenoxy) is 2. The first-order chi connectivity index (χ1) is 9.17. The van der Waals surface area contributed by atoms with Crippen LogP contribution in [0.1, 0.15) is 24.4 Å². The van der Waals surface area contributed by atoms with Crippen LogP contribution in [0.3, 0.4) is 0 Å². The number of methoxy groups -OCH3 is 2. The number of carbonyl (C=O) groups is 2. The second kappa shape index (κ2) is 5.73. The van der Waals surface area contributed by atoms with Crippen LogP contribution in [-0.2, 0) is 9.53 Å². The lowest BCUT2D eigenvalue weighted by Gasteiger charge is -2.33. The van der Waals surface area contributed by atoms with Crippen molar-refractivity contribution in [3.05, 3.63) is 29.8 Å². The molecule has 0 bridgehead atoms. The van der Waals surface area contributed by atoms with E-state index in [0.29, 0.717) is 19.4 Å². The predicted octanol–water partition coefficient (Wildman–Crippen LogP) is 2.17. The minimum absolute atomic E-state index is 0.0433. The zero-order valence-electron chi connectivity index (χ0n) is 11.1. The number of nitrogens with zero attached hydrogens (tertiary/aromatic N) is 1. The standard InChI is InChI=1S/C14H17NO4/c1-18-11-7-5-10(6-8-11)13-12(16)4-3-9-15(13)14(17)19-2/h5-8,13H,3-4,9H2,1-2H3. The van der Waals surface area contributed by atoms with Crippen LogP contribution in [0.5, 0.6) is 5.75 Å². The predicted molar refractivity (Wildman–Crippen MR) is 69.1 cm³/mol. The molecule has 1 aromatic carbocycles. The van der Waals surface area contributed by atoms with Gasteiger partial charge in [0.05, 0.1) is 14.2 Å². The molecule has 1 unspecified atom stereocenters. The Morgan fingerprint density at radius 2 is 1.95 bits per heavy atom. The van der Waals surface area contributed by atoms with E-state index in [1.54, 1.807) is 19.2 Å². The van der Waals surface area contributed by atoms with Crippen LogP contribution in [0.4, 0.5) is 4.79 Å². The third-order valence-electron chi connectivity index (χ3n) is 3.28. The smallest absolute Gasteiger partial charge is 0.410 e. The highest BCUT2D eigenvalue weighted by molar-refractivity contribution is 5.89. The van der Waals surface area contributed by atoms with Gasteiger partial charge in [0.2, 0.25) is 0 Å². The van der Waals surface area contributed by atoms with Crippen molar-refractivity contribution in [2.45, 2.75) is 18.9 Å². The Morgan fingerprint density at radius 1 is 1.26 bits per heavy atom. The molecule has 1 aliphatic rings. The number of rotatable bonds is 2. The van der Waals surface area contributed by atoms with E-state index in [-0.39, 0.29) is 5.78 Å². The monoisotopic (exact) mass is 263 g/mol. The molecule has 1 atom stereocenters. The fraction of sp³-hybridized carbons (Fsp3) is 0.429. The molecule has 19 heavy (non-hydrogen) atoms.